The highest BCUT2D eigenvalue weighted by Crippen LogP contribution is 2.36. The molecule has 0 saturated heterocycles. The van der Waals surface area contributed by atoms with Gasteiger partial charge in [-0.2, -0.15) is 0 Å². The largest absolute Gasteiger partial charge is 0.472 e. The van der Waals surface area contributed by atoms with Gasteiger partial charge in [-0.15, -0.1) is 5.10 Å². The first-order valence-corrected chi connectivity index (χ1v) is 8.15. The van der Waals surface area contributed by atoms with Crippen LogP contribution in [0.3, 0.4) is 0 Å². The molecule has 0 amide bonds. The highest BCUT2D eigenvalue weighted by Gasteiger charge is 2.38. The van der Waals surface area contributed by atoms with Gasteiger partial charge in [0.15, 0.2) is 5.72 Å². The number of aromatic nitrogens is 3. The maximum absolute atomic E-state index is 6.28. The van der Waals surface area contributed by atoms with Gasteiger partial charge in [-0.25, -0.2) is 4.68 Å². The maximum atomic E-state index is 6.28. The molecule has 0 saturated carbocycles. The molecule has 0 aliphatic carbocycles. The Kier molecular flexibility index (Phi) is 4.48. The van der Waals surface area contributed by atoms with E-state index in [1.807, 2.05) is 41.9 Å². The molecule has 0 bridgehead atoms. The average molecular weight is 313 g/mol. The number of nitrogens with zero attached hydrogens (tertiary/aromatic N) is 3. The predicted molar refractivity (Wildman–Crippen MR) is 89.0 cm³/mol. The van der Waals surface area contributed by atoms with Crippen molar-refractivity contribution in [2.45, 2.75) is 39.3 Å². The van der Waals surface area contributed by atoms with E-state index in [9.17, 15) is 0 Å². The number of fused-ring (bicyclic) bond motifs is 1. The lowest BCUT2D eigenvalue weighted by Crippen LogP contribution is -2.39. The summed E-state index contributed by atoms with van der Waals surface area (Å²) in [6, 6.07) is 9.91. The number of hydrogen-bond donors (Lipinski definition) is 0. The van der Waals surface area contributed by atoms with Crippen molar-refractivity contribution in [2.75, 3.05) is 6.61 Å². The fourth-order valence-corrected chi connectivity index (χ4v) is 2.93. The molecule has 0 N–H and O–H groups in total. The summed E-state index contributed by atoms with van der Waals surface area (Å²) < 4.78 is 13.5. The summed E-state index contributed by atoms with van der Waals surface area (Å²) >= 11 is 0. The van der Waals surface area contributed by atoms with Crippen LogP contribution in [0, 0.1) is 5.92 Å². The van der Waals surface area contributed by atoms with Crippen molar-refractivity contribution >= 4 is 11.0 Å². The summed E-state index contributed by atoms with van der Waals surface area (Å²) in [5.74, 6) is 0.566. The molecule has 2 heterocycles. The van der Waals surface area contributed by atoms with E-state index in [0.717, 1.165) is 29.4 Å². The van der Waals surface area contributed by atoms with Crippen molar-refractivity contribution in [1.82, 2.24) is 15.0 Å². The van der Waals surface area contributed by atoms with Crippen molar-refractivity contribution in [3.05, 3.63) is 48.4 Å². The molecule has 122 valence electrons. The van der Waals surface area contributed by atoms with E-state index in [0.29, 0.717) is 12.5 Å². The summed E-state index contributed by atoms with van der Waals surface area (Å²) in [6.45, 7) is 7.01. The van der Waals surface area contributed by atoms with E-state index in [1.54, 1.807) is 12.5 Å². The Hall–Kier alpha value is -2.14. The molecule has 0 aliphatic heterocycles. The second-order valence-corrected chi connectivity index (χ2v) is 6.15. The Balaban J connectivity index is 2.16. The zero-order chi connectivity index (χ0) is 16.3. The number of benzene rings is 1. The first-order chi connectivity index (χ1) is 11.2. The van der Waals surface area contributed by atoms with Gasteiger partial charge in [0.25, 0.3) is 0 Å². The maximum Gasteiger partial charge on any atom is 0.192 e. The van der Waals surface area contributed by atoms with Gasteiger partial charge in [0.1, 0.15) is 5.52 Å². The normalized spacial score (nSPS) is 14.4. The minimum atomic E-state index is -0.692. The minimum absolute atomic E-state index is 0.566. The molecular formula is C18H23N3O2. The van der Waals surface area contributed by atoms with Gasteiger partial charge >= 0.3 is 0 Å². The highest BCUT2D eigenvalue weighted by molar-refractivity contribution is 5.74. The van der Waals surface area contributed by atoms with Crippen molar-refractivity contribution in [1.29, 1.82) is 0 Å². The number of furan rings is 1. The van der Waals surface area contributed by atoms with Gasteiger partial charge < -0.3 is 9.15 Å². The van der Waals surface area contributed by atoms with Crippen LogP contribution in [0.4, 0.5) is 0 Å². The Labute approximate surface area is 136 Å². The minimum Gasteiger partial charge on any atom is -0.472 e. The quantitative estimate of drug-likeness (QED) is 0.656. The van der Waals surface area contributed by atoms with Gasteiger partial charge in [-0.1, -0.05) is 31.2 Å². The third-order valence-electron chi connectivity index (χ3n) is 4.11. The van der Waals surface area contributed by atoms with Crippen LogP contribution in [0.25, 0.3) is 11.0 Å². The molecule has 5 nitrogen and oxygen atoms in total. The van der Waals surface area contributed by atoms with Gasteiger partial charge in [-0.05, 0) is 37.5 Å². The molecule has 0 aliphatic rings. The fraction of sp³-hybridized carbons (Fsp3) is 0.444. The molecule has 3 rings (SSSR count). The van der Waals surface area contributed by atoms with Crippen LogP contribution in [0.1, 0.15) is 39.2 Å². The van der Waals surface area contributed by atoms with E-state index < -0.39 is 5.72 Å². The predicted octanol–water partition coefficient (Wildman–Crippen LogP) is 4.20. The topological polar surface area (TPSA) is 53.1 Å². The monoisotopic (exact) mass is 313 g/mol. The summed E-state index contributed by atoms with van der Waals surface area (Å²) in [5, 5.41) is 8.73. The molecule has 0 spiro atoms. The first-order valence-electron chi connectivity index (χ1n) is 8.15. The molecule has 1 aromatic carbocycles. The Morgan fingerprint density at radius 3 is 2.78 bits per heavy atom. The molecule has 0 fully saturated rings. The molecule has 23 heavy (non-hydrogen) atoms. The van der Waals surface area contributed by atoms with E-state index in [-0.39, 0.29) is 0 Å². The average Bonchev–Trinajstić information content (AvgIpc) is 3.21. The van der Waals surface area contributed by atoms with Crippen molar-refractivity contribution in [2.24, 2.45) is 5.92 Å². The molecular weight excluding hydrogens is 290 g/mol. The van der Waals surface area contributed by atoms with Crippen LogP contribution >= 0.6 is 0 Å². The lowest BCUT2D eigenvalue weighted by molar-refractivity contribution is -0.0844. The Bertz CT molecular complexity index is 749. The molecule has 1 atom stereocenters. The van der Waals surface area contributed by atoms with Crippen molar-refractivity contribution in [3.63, 3.8) is 0 Å². The Morgan fingerprint density at radius 1 is 1.26 bits per heavy atom. The smallest absolute Gasteiger partial charge is 0.192 e. The van der Waals surface area contributed by atoms with Crippen molar-refractivity contribution in [3.8, 4) is 0 Å². The summed E-state index contributed by atoms with van der Waals surface area (Å²) in [7, 11) is 0. The number of rotatable bonds is 7. The molecule has 0 radical (unpaired) electrons. The van der Waals surface area contributed by atoms with E-state index >= 15 is 0 Å². The van der Waals surface area contributed by atoms with E-state index in [1.165, 1.54) is 0 Å². The van der Waals surface area contributed by atoms with Gasteiger partial charge in [0, 0.05) is 18.6 Å². The second-order valence-electron chi connectivity index (χ2n) is 6.15. The second kappa shape index (κ2) is 6.54. The first kappa shape index (κ1) is 15.7. The zero-order valence-corrected chi connectivity index (χ0v) is 13.9. The molecule has 1 unspecified atom stereocenters. The van der Waals surface area contributed by atoms with Gasteiger partial charge in [0.2, 0.25) is 0 Å². The Morgan fingerprint density at radius 2 is 2.09 bits per heavy atom. The number of ether oxygens (including phenoxy) is 1. The van der Waals surface area contributed by atoms with Crippen LogP contribution < -0.4 is 0 Å². The lowest BCUT2D eigenvalue weighted by Gasteiger charge is -2.33. The molecule has 3 aromatic rings. The highest BCUT2D eigenvalue weighted by atomic mass is 16.5. The SMILES string of the molecule is CCOC(CCC(C)C)(c1ccoc1)n1nnc2ccccc21. The van der Waals surface area contributed by atoms with Crippen LogP contribution in [0.5, 0.6) is 0 Å². The summed E-state index contributed by atoms with van der Waals surface area (Å²) in [5.41, 5.74) is 2.11. The fourth-order valence-electron chi connectivity index (χ4n) is 2.93. The van der Waals surface area contributed by atoms with Crippen LogP contribution in [0.15, 0.2) is 47.3 Å². The third-order valence-corrected chi connectivity index (χ3v) is 4.11. The van der Waals surface area contributed by atoms with Crippen molar-refractivity contribution < 1.29 is 9.15 Å². The van der Waals surface area contributed by atoms with Gasteiger partial charge in [-0.3, -0.25) is 0 Å². The summed E-state index contributed by atoms with van der Waals surface area (Å²) in [6.07, 6.45) is 5.24. The molecule has 2 aromatic heterocycles. The third kappa shape index (κ3) is 2.88. The van der Waals surface area contributed by atoms with Crippen LogP contribution in [-0.2, 0) is 10.5 Å². The van der Waals surface area contributed by atoms with Crippen LogP contribution in [-0.4, -0.2) is 21.6 Å². The zero-order valence-electron chi connectivity index (χ0n) is 13.9. The van der Waals surface area contributed by atoms with Crippen LogP contribution in [0.2, 0.25) is 0 Å². The lowest BCUT2D eigenvalue weighted by atomic mass is 9.95. The van der Waals surface area contributed by atoms with E-state index in [2.05, 4.69) is 24.2 Å². The summed E-state index contributed by atoms with van der Waals surface area (Å²) in [4.78, 5) is 0. The standard InChI is InChI=1S/C18H23N3O2/c1-4-23-18(11-9-14(2)3,15-10-12-22-13-15)21-17-8-6-5-7-16(17)19-20-21/h5-8,10,12-14H,4,9,11H2,1-3H3. The number of hydrogen-bond acceptors (Lipinski definition) is 4. The molecule has 5 heteroatoms. The number of para-hydroxylation sites is 1. The van der Waals surface area contributed by atoms with Gasteiger partial charge in [0.05, 0.1) is 18.0 Å². The van der Waals surface area contributed by atoms with E-state index in [4.69, 9.17) is 9.15 Å².